The second-order valence-electron chi connectivity index (χ2n) is 6.40. The summed E-state index contributed by atoms with van der Waals surface area (Å²) in [5.74, 6) is -0.207. The highest BCUT2D eigenvalue weighted by Gasteiger charge is 2.48. The third-order valence-corrected chi connectivity index (χ3v) is 4.65. The lowest BCUT2D eigenvalue weighted by Gasteiger charge is -2.45. The van der Waals surface area contributed by atoms with Gasteiger partial charge in [-0.15, -0.1) is 0 Å². The van der Waals surface area contributed by atoms with Crippen LogP contribution in [-0.4, -0.2) is 36.2 Å². The van der Waals surface area contributed by atoms with E-state index in [4.69, 9.17) is 9.84 Å². The van der Waals surface area contributed by atoms with E-state index in [2.05, 4.69) is 23.2 Å². The molecule has 24 heavy (non-hydrogen) atoms. The topological polar surface area (TPSA) is 102 Å². The quantitative estimate of drug-likeness (QED) is 0.702. The molecule has 3 rings (SSSR count). The number of aliphatic hydroxyl groups excluding tert-OH is 1. The fourth-order valence-electron chi connectivity index (χ4n) is 3.02. The fourth-order valence-corrected chi connectivity index (χ4v) is 3.02. The summed E-state index contributed by atoms with van der Waals surface area (Å²) in [4.78, 5) is 21.2. The Labute approximate surface area is 142 Å². The monoisotopic (exact) mass is 334 g/mol. The molecule has 1 aliphatic heterocycles. The molecule has 2 fully saturated rings. The minimum absolute atomic E-state index is 0.0351. The second-order valence-corrected chi connectivity index (χ2v) is 6.40. The van der Waals surface area contributed by atoms with E-state index >= 15 is 0 Å². The lowest BCUT2D eigenvalue weighted by atomic mass is 9.68. The van der Waals surface area contributed by atoms with E-state index < -0.39 is 5.91 Å². The first-order valence-electron chi connectivity index (χ1n) is 8.39. The maximum atomic E-state index is 11.5. The third-order valence-electron chi connectivity index (χ3n) is 4.65. The van der Waals surface area contributed by atoms with Crippen LogP contribution in [0, 0.1) is 5.41 Å². The molecule has 6 nitrogen and oxygen atoms in total. The van der Waals surface area contributed by atoms with Crippen molar-refractivity contribution in [3.63, 3.8) is 0 Å². The molecule has 2 amide bonds. The Morgan fingerprint density at radius 2 is 1.96 bits per heavy atom. The van der Waals surface area contributed by atoms with Gasteiger partial charge in [0.2, 0.25) is 11.8 Å². The van der Waals surface area contributed by atoms with E-state index in [0.717, 1.165) is 32.2 Å². The SMILES string of the molecule is NC(=O)CCO.O=C1NCC12CCC(OCc1ccccc1)CC2. The molecular formula is C18H26N2O4. The van der Waals surface area contributed by atoms with Crippen LogP contribution in [0.3, 0.4) is 0 Å². The van der Waals surface area contributed by atoms with Crippen LogP contribution in [-0.2, 0) is 20.9 Å². The number of ether oxygens (including phenoxy) is 1. The van der Waals surface area contributed by atoms with Gasteiger partial charge in [0.15, 0.2) is 0 Å². The molecule has 1 aromatic rings. The van der Waals surface area contributed by atoms with Crippen molar-refractivity contribution >= 4 is 11.8 Å². The molecule has 1 saturated heterocycles. The first-order valence-corrected chi connectivity index (χ1v) is 8.39. The van der Waals surface area contributed by atoms with Gasteiger partial charge in [-0.3, -0.25) is 9.59 Å². The number of amides is 2. The normalized spacial score (nSPS) is 25.2. The van der Waals surface area contributed by atoms with E-state index in [-0.39, 0.29) is 24.3 Å². The second kappa shape index (κ2) is 8.80. The zero-order valence-electron chi connectivity index (χ0n) is 13.9. The first-order chi connectivity index (χ1) is 11.6. The zero-order valence-corrected chi connectivity index (χ0v) is 13.9. The number of nitrogens with two attached hydrogens (primary N) is 1. The van der Waals surface area contributed by atoms with Crippen molar-refractivity contribution in [2.75, 3.05) is 13.2 Å². The third kappa shape index (κ3) is 5.04. The van der Waals surface area contributed by atoms with Gasteiger partial charge in [0.05, 0.1) is 24.7 Å². The number of primary amides is 1. The number of carbonyl (C=O) groups is 2. The molecule has 0 unspecified atom stereocenters. The maximum absolute atomic E-state index is 11.5. The van der Waals surface area contributed by atoms with Crippen LogP contribution < -0.4 is 11.1 Å². The van der Waals surface area contributed by atoms with Crippen LogP contribution in [0.4, 0.5) is 0 Å². The highest BCUT2D eigenvalue weighted by molar-refractivity contribution is 5.88. The van der Waals surface area contributed by atoms with Crippen LogP contribution in [0.2, 0.25) is 0 Å². The number of nitrogens with one attached hydrogen (secondary N) is 1. The molecule has 0 bridgehead atoms. The predicted molar refractivity (Wildman–Crippen MR) is 89.8 cm³/mol. The smallest absolute Gasteiger partial charge is 0.228 e. The molecule has 0 radical (unpaired) electrons. The zero-order chi connectivity index (χ0) is 17.4. The molecule has 1 aliphatic carbocycles. The van der Waals surface area contributed by atoms with Gasteiger partial charge in [-0.1, -0.05) is 30.3 Å². The Balaban J connectivity index is 0.000000301. The maximum Gasteiger partial charge on any atom is 0.228 e. The summed E-state index contributed by atoms with van der Waals surface area (Å²) >= 11 is 0. The number of β-lactam (4-membered cyclic amide) rings is 1. The highest BCUT2D eigenvalue weighted by Crippen LogP contribution is 2.41. The van der Waals surface area contributed by atoms with E-state index in [1.165, 1.54) is 5.56 Å². The van der Waals surface area contributed by atoms with Gasteiger partial charge >= 0.3 is 0 Å². The van der Waals surface area contributed by atoms with Gasteiger partial charge < -0.3 is 20.9 Å². The van der Waals surface area contributed by atoms with Gasteiger partial charge in [-0.05, 0) is 31.2 Å². The Hall–Kier alpha value is -1.92. The van der Waals surface area contributed by atoms with Crippen LogP contribution in [0.15, 0.2) is 30.3 Å². The van der Waals surface area contributed by atoms with Crippen molar-refractivity contribution in [1.29, 1.82) is 0 Å². The summed E-state index contributed by atoms with van der Waals surface area (Å²) < 4.78 is 5.93. The van der Waals surface area contributed by atoms with Crippen LogP contribution in [0.5, 0.6) is 0 Å². The molecule has 0 atom stereocenters. The standard InChI is InChI=1S/C15H19NO2.C3H7NO2/c17-14-15(11-16-14)8-6-13(7-9-15)18-10-12-4-2-1-3-5-12;4-3(6)1-2-5/h1-5,13H,6-11H2,(H,16,17);5H,1-2H2,(H2,4,6). The van der Waals surface area contributed by atoms with Crippen molar-refractivity contribution in [3.8, 4) is 0 Å². The first kappa shape index (κ1) is 18.4. The van der Waals surface area contributed by atoms with Gasteiger partial charge in [-0.25, -0.2) is 0 Å². The minimum Gasteiger partial charge on any atom is -0.396 e. The number of hydrogen-bond donors (Lipinski definition) is 3. The molecule has 1 heterocycles. The number of rotatable bonds is 5. The molecule has 1 saturated carbocycles. The summed E-state index contributed by atoms with van der Waals surface area (Å²) in [6, 6.07) is 10.3. The van der Waals surface area contributed by atoms with Crippen molar-refractivity contribution < 1.29 is 19.4 Å². The molecule has 0 aromatic heterocycles. The van der Waals surface area contributed by atoms with Crippen molar-refractivity contribution in [3.05, 3.63) is 35.9 Å². The van der Waals surface area contributed by atoms with Crippen molar-refractivity contribution in [2.45, 2.75) is 44.8 Å². The lowest BCUT2D eigenvalue weighted by Crippen LogP contribution is -2.60. The molecule has 132 valence electrons. The fraction of sp³-hybridized carbons (Fsp3) is 0.556. The molecule has 2 aliphatic rings. The molecule has 1 aromatic carbocycles. The van der Waals surface area contributed by atoms with Gasteiger partial charge in [0.25, 0.3) is 0 Å². The summed E-state index contributed by atoms with van der Waals surface area (Å²) in [6.45, 7) is 1.41. The van der Waals surface area contributed by atoms with Crippen LogP contribution in [0.25, 0.3) is 0 Å². The van der Waals surface area contributed by atoms with Gasteiger partial charge in [-0.2, -0.15) is 0 Å². The van der Waals surface area contributed by atoms with Crippen molar-refractivity contribution in [1.82, 2.24) is 5.32 Å². The van der Waals surface area contributed by atoms with E-state index in [9.17, 15) is 9.59 Å². The predicted octanol–water partition coefficient (Wildman–Crippen LogP) is 1.12. The molecule has 6 heteroatoms. The summed E-state index contributed by atoms with van der Waals surface area (Å²) in [5, 5.41) is 10.8. The average molecular weight is 334 g/mol. The Bertz CT molecular complexity index is 539. The van der Waals surface area contributed by atoms with Gasteiger partial charge in [0.1, 0.15) is 0 Å². The molecule has 4 N–H and O–H groups in total. The molecular weight excluding hydrogens is 308 g/mol. The largest absolute Gasteiger partial charge is 0.396 e. The van der Waals surface area contributed by atoms with E-state index in [0.29, 0.717) is 12.7 Å². The lowest BCUT2D eigenvalue weighted by molar-refractivity contribution is -0.145. The summed E-state index contributed by atoms with van der Waals surface area (Å²) in [7, 11) is 0. The Kier molecular flexibility index (Phi) is 6.75. The van der Waals surface area contributed by atoms with Crippen LogP contribution >= 0.6 is 0 Å². The molecule has 1 spiro atoms. The number of benzene rings is 1. The van der Waals surface area contributed by atoms with Crippen LogP contribution in [0.1, 0.15) is 37.7 Å². The van der Waals surface area contributed by atoms with Crippen molar-refractivity contribution in [2.24, 2.45) is 11.1 Å². The minimum atomic E-state index is -0.461. The average Bonchev–Trinajstić information content (AvgIpc) is 2.60. The Morgan fingerprint density at radius 1 is 1.29 bits per heavy atom. The van der Waals surface area contributed by atoms with Gasteiger partial charge in [0, 0.05) is 13.0 Å². The summed E-state index contributed by atoms with van der Waals surface area (Å²) in [5.41, 5.74) is 5.79. The van der Waals surface area contributed by atoms with E-state index in [1.54, 1.807) is 0 Å². The summed E-state index contributed by atoms with van der Waals surface area (Å²) in [6.07, 6.45) is 4.39. The number of aliphatic hydroxyl groups is 1. The highest BCUT2D eigenvalue weighted by atomic mass is 16.5. The Morgan fingerprint density at radius 3 is 2.38 bits per heavy atom. The van der Waals surface area contributed by atoms with E-state index in [1.807, 2.05) is 18.2 Å². The number of carbonyl (C=O) groups excluding carboxylic acids is 2. The number of hydrogen-bond acceptors (Lipinski definition) is 4.